The summed E-state index contributed by atoms with van der Waals surface area (Å²) in [6.07, 6.45) is 4.99. The lowest BCUT2D eigenvalue weighted by atomic mass is 10.1. The maximum Gasteiger partial charge on any atom is 0.240 e. The van der Waals surface area contributed by atoms with Gasteiger partial charge >= 0.3 is 0 Å². The van der Waals surface area contributed by atoms with Crippen molar-refractivity contribution in [3.63, 3.8) is 0 Å². The van der Waals surface area contributed by atoms with Crippen LogP contribution in [0.25, 0.3) is 17.1 Å². The van der Waals surface area contributed by atoms with E-state index in [9.17, 15) is 8.42 Å². The van der Waals surface area contributed by atoms with E-state index in [4.69, 9.17) is 10.5 Å². The summed E-state index contributed by atoms with van der Waals surface area (Å²) in [5.41, 5.74) is 7.88. The molecule has 1 saturated heterocycles. The van der Waals surface area contributed by atoms with Crippen LogP contribution in [0.1, 0.15) is 12.0 Å². The molecule has 0 unspecified atom stereocenters. The van der Waals surface area contributed by atoms with Gasteiger partial charge in [0.25, 0.3) is 0 Å². The molecule has 4 rings (SSSR count). The topological polar surface area (TPSA) is 138 Å². The molecule has 1 aliphatic rings. The Morgan fingerprint density at radius 1 is 1.36 bits per heavy atom. The second-order valence-electron chi connectivity index (χ2n) is 6.46. The predicted molar refractivity (Wildman–Crippen MR) is 101 cm³/mol. The van der Waals surface area contributed by atoms with Crippen LogP contribution in [0.2, 0.25) is 0 Å². The number of nitrogens with zero attached hydrogens (tertiary/aromatic N) is 5. The lowest BCUT2D eigenvalue weighted by Gasteiger charge is -2.14. The van der Waals surface area contributed by atoms with E-state index in [2.05, 4.69) is 24.8 Å². The van der Waals surface area contributed by atoms with Crippen molar-refractivity contribution in [2.24, 2.45) is 0 Å². The molecule has 28 heavy (non-hydrogen) atoms. The maximum absolute atomic E-state index is 12.7. The first-order valence-corrected chi connectivity index (χ1v) is 10.1. The van der Waals surface area contributed by atoms with Gasteiger partial charge in [-0.15, -0.1) is 0 Å². The molecular weight excluding hydrogens is 382 g/mol. The predicted octanol–water partition coefficient (Wildman–Crippen LogP) is 0.682. The monoisotopic (exact) mass is 401 g/mol. The Bertz CT molecular complexity index is 1090. The summed E-state index contributed by atoms with van der Waals surface area (Å²) in [4.78, 5) is 12.7. The highest BCUT2D eigenvalue weighted by atomic mass is 32.2. The number of nitrogen functional groups attached to an aromatic ring is 1. The molecule has 0 amide bonds. The summed E-state index contributed by atoms with van der Waals surface area (Å²) >= 11 is 0. The first-order valence-electron chi connectivity index (χ1n) is 8.62. The number of rotatable bonds is 5. The second-order valence-corrected chi connectivity index (χ2v) is 8.18. The number of hydrogen-bond donors (Lipinski definition) is 2. The van der Waals surface area contributed by atoms with Gasteiger partial charge in [0.1, 0.15) is 12.7 Å². The summed E-state index contributed by atoms with van der Waals surface area (Å²) < 4.78 is 34.8. The number of aromatic nitrogens is 5. The van der Waals surface area contributed by atoms with Gasteiger partial charge < -0.3 is 10.5 Å². The van der Waals surface area contributed by atoms with Crippen LogP contribution in [0.5, 0.6) is 0 Å². The van der Waals surface area contributed by atoms with Gasteiger partial charge in [-0.2, -0.15) is 9.78 Å². The Hall–Kier alpha value is -2.89. The molecule has 0 aliphatic carbocycles. The number of ether oxygens (including phenoxy) is 1. The van der Waals surface area contributed by atoms with Crippen molar-refractivity contribution in [3.8, 4) is 17.1 Å². The smallest absolute Gasteiger partial charge is 0.240 e. The maximum atomic E-state index is 12.7. The first-order chi connectivity index (χ1) is 13.4. The molecular formula is C17H19N7O3S. The molecule has 146 valence electrons. The van der Waals surface area contributed by atoms with Gasteiger partial charge in [0.05, 0.1) is 23.4 Å². The second kappa shape index (κ2) is 7.26. The van der Waals surface area contributed by atoms with Gasteiger partial charge in [-0.05, 0) is 31.0 Å². The van der Waals surface area contributed by atoms with Crippen molar-refractivity contribution in [3.05, 3.63) is 42.6 Å². The van der Waals surface area contributed by atoms with Crippen LogP contribution in [0.3, 0.4) is 0 Å². The summed E-state index contributed by atoms with van der Waals surface area (Å²) in [7, 11) is -3.68. The van der Waals surface area contributed by atoms with Crippen LogP contribution >= 0.6 is 0 Å². The molecule has 0 spiro atoms. The minimum Gasteiger partial charge on any atom is -0.381 e. The SMILES string of the molecule is Cc1ccc(S(=O)(=O)N[C@@H]2CCOC2)cc1-c1cnc(N)c(-n2cncn2)n1. The van der Waals surface area contributed by atoms with E-state index < -0.39 is 10.0 Å². The van der Waals surface area contributed by atoms with Crippen LogP contribution in [-0.4, -0.2) is 52.4 Å². The van der Waals surface area contributed by atoms with Crippen molar-refractivity contribution in [2.45, 2.75) is 24.3 Å². The normalized spacial score (nSPS) is 17.1. The zero-order valence-corrected chi connectivity index (χ0v) is 15.9. The molecule has 1 aliphatic heterocycles. The average Bonchev–Trinajstić information content (AvgIpc) is 3.36. The number of aryl methyl sites for hydroxylation is 1. The summed E-state index contributed by atoms with van der Waals surface area (Å²) in [5.74, 6) is 0.516. The zero-order chi connectivity index (χ0) is 19.7. The van der Waals surface area contributed by atoms with E-state index in [0.717, 1.165) is 5.56 Å². The molecule has 10 nitrogen and oxygen atoms in total. The molecule has 0 saturated carbocycles. The fourth-order valence-corrected chi connectivity index (χ4v) is 4.24. The standard InChI is InChI=1S/C17H19N7O3S/c1-11-2-3-13(28(25,26)23-12-4-5-27-8-12)6-14(11)15-7-20-16(18)17(22-15)24-10-19-9-21-24/h2-3,6-7,9-10,12,23H,4-5,8H2,1H3,(H2,18,20)/t12-/m1/s1. The molecule has 3 heterocycles. The fourth-order valence-electron chi connectivity index (χ4n) is 2.96. The largest absolute Gasteiger partial charge is 0.381 e. The molecule has 3 N–H and O–H groups in total. The molecule has 2 aromatic heterocycles. The Kier molecular flexibility index (Phi) is 4.79. The molecule has 1 fully saturated rings. The molecule has 1 aromatic carbocycles. The molecule has 11 heteroatoms. The van der Waals surface area contributed by atoms with Crippen LogP contribution < -0.4 is 10.5 Å². The van der Waals surface area contributed by atoms with Crippen LogP contribution in [0.4, 0.5) is 5.82 Å². The van der Waals surface area contributed by atoms with E-state index >= 15 is 0 Å². The van der Waals surface area contributed by atoms with E-state index in [1.165, 1.54) is 23.5 Å². The van der Waals surface area contributed by atoms with Gasteiger partial charge in [-0.1, -0.05) is 6.07 Å². The molecule has 1 atom stereocenters. The fraction of sp³-hybridized carbons (Fsp3) is 0.294. The van der Waals surface area contributed by atoms with Crippen LogP contribution in [-0.2, 0) is 14.8 Å². The molecule has 3 aromatic rings. The lowest BCUT2D eigenvalue weighted by Crippen LogP contribution is -2.35. The van der Waals surface area contributed by atoms with Gasteiger partial charge in [0, 0.05) is 18.2 Å². The number of benzene rings is 1. The third-order valence-electron chi connectivity index (χ3n) is 4.46. The van der Waals surface area contributed by atoms with E-state index in [1.54, 1.807) is 18.2 Å². The third-order valence-corrected chi connectivity index (χ3v) is 5.98. The molecule has 0 bridgehead atoms. The highest BCUT2D eigenvalue weighted by Gasteiger charge is 2.24. The van der Waals surface area contributed by atoms with Crippen molar-refractivity contribution in [1.82, 2.24) is 29.5 Å². The van der Waals surface area contributed by atoms with Crippen LogP contribution in [0, 0.1) is 6.92 Å². The van der Waals surface area contributed by atoms with E-state index in [1.807, 2.05) is 6.92 Å². The highest BCUT2D eigenvalue weighted by Crippen LogP contribution is 2.26. The quantitative estimate of drug-likeness (QED) is 0.636. The van der Waals surface area contributed by atoms with E-state index in [-0.39, 0.29) is 16.8 Å². The number of anilines is 1. The van der Waals surface area contributed by atoms with Crippen molar-refractivity contribution in [1.29, 1.82) is 0 Å². The van der Waals surface area contributed by atoms with Crippen molar-refractivity contribution < 1.29 is 13.2 Å². The summed E-state index contributed by atoms with van der Waals surface area (Å²) in [6.45, 7) is 2.80. The van der Waals surface area contributed by atoms with Gasteiger partial charge in [0.15, 0.2) is 11.6 Å². The van der Waals surface area contributed by atoms with Crippen molar-refractivity contribution in [2.75, 3.05) is 18.9 Å². The number of nitrogens with one attached hydrogen (secondary N) is 1. The van der Waals surface area contributed by atoms with Gasteiger partial charge in [-0.3, -0.25) is 0 Å². The highest BCUT2D eigenvalue weighted by molar-refractivity contribution is 7.89. The Morgan fingerprint density at radius 2 is 2.21 bits per heavy atom. The van der Waals surface area contributed by atoms with Gasteiger partial charge in [0.2, 0.25) is 10.0 Å². The molecule has 0 radical (unpaired) electrons. The number of hydrogen-bond acceptors (Lipinski definition) is 8. The number of nitrogens with two attached hydrogens (primary N) is 1. The zero-order valence-electron chi connectivity index (χ0n) is 15.1. The van der Waals surface area contributed by atoms with Gasteiger partial charge in [-0.25, -0.2) is 28.1 Å². The Labute approximate surface area is 161 Å². The van der Waals surface area contributed by atoms with Crippen molar-refractivity contribution >= 4 is 15.8 Å². The average molecular weight is 401 g/mol. The third kappa shape index (κ3) is 3.59. The van der Waals surface area contributed by atoms with Crippen LogP contribution in [0.15, 0.2) is 41.9 Å². The summed E-state index contributed by atoms with van der Waals surface area (Å²) in [5, 5.41) is 4.02. The number of sulfonamides is 1. The lowest BCUT2D eigenvalue weighted by molar-refractivity contribution is 0.192. The Morgan fingerprint density at radius 3 is 2.93 bits per heavy atom. The summed E-state index contributed by atoms with van der Waals surface area (Å²) in [6, 6.07) is 4.67. The Balaban J connectivity index is 1.73. The minimum absolute atomic E-state index is 0.154. The minimum atomic E-state index is -3.68. The first kappa shape index (κ1) is 18.5. The van der Waals surface area contributed by atoms with E-state index in [0.29, 0.717) is 36.7 Å².